The molecule has 2 spiro atoms. The van der Waals surface area contributed by atoms with Gasteiger partial charge in [0, 0.05) is 27.9 Å². The van der Waals surface area contributed by atoms with Gasteiger partial charge >= 0.3 is 0 Å². The molecule has 0 unspecified atom stereocenters. The molecule has 0 radical (unpaired) electrons. The maximum atomic E-state index is 2.67. The Morgan fingerprint density at radius 1 is 0.404 bits per heavy atom. The molecule has 7 aliphatic carbocycles. The van der Waals surface area contributed by atoms with Gasteiger partial charge in [-0.1, -0.05) is 116 Å². The van der Waals surface area contributed by atoms with E-state index < -0.39 is 0 Å². The van der Waals surface area contributed by atoms with Crippen molar-refractivity contribution in [3.05, 3.63) is 162 Å². The summed E-state index contributed by atoms with van der Waals surface area (Å²) in [5.41, 5.74) is 18.8. The SMILES string of the molecule is c1ccc(-c2cccc(N(c3ccc4c(c3)C3(CCCC3)c3ccccc3-4)c3ccc4c(c3)C3(c5ccccc5-4)C4CC5CC(C4)CC3C5)c2)cc1. The van der Waals surface area contributed by atoms with Gasteiger partial charge in [0.05, 0.1) is 0 Å². The molecule has 0 aromatic heterocycles. The Labute approximate surface area is 308 Å². The van der Waals surface area contributed by atoms with Crippen molar-refractivity contribution >= 4 is 17.1 Å². The van der Waals surface area contributed by atoms with Gasteiger partial charge in [-0.15, -0.1) is 0 Å². The van der Waals surface area contributed by atoms with E-state index in [0.717, 1.165) is 23.7 Å². The highest BCUT2D eigenvalue weighted by molar-refractivity contribution is 5.89. The van der Waals surface area contributed by atoms with Crippen LogP contribution in [0.25, 0.3) is 33.4 Å². The summed E-state index contributed by atoms with van der Waals surface area (Å²) in [6, 6.07) is 54.1. The van der Waals surface area contributed by atoms with Gasteiger partial charge in [0.25, 0.3) is 0 Å². The van der Waals surface area contributed by atoms with Gasteiger partial charge in [0.2, 0.25) is 0 Å². The number of hydrogen-bond acceptors (Lipinski definition) is 1. The molecule has 5 fully saturated rings. The van der Waals surface area contributed by atoms with Crippen molar-refractivity contribution in [2.45, 2.75) is 68.6 Å². The molecule has 0 heterocycles. The van der Waals surface area contributed by atoms with Gasteiger partial charge in [-0.05, 0) is 161 Å². The maximum Gasteiger partial charge on any atom is 0.0467 e. The Morgan fingerprint density at radius 2 is 0.942 bits per heavy atom. The normalized spacial score (nSPS) is 26.4. The number of nitrogens with zero attached hydrogens (tertiary/aromatic N) is 1. The highest BCUT2D eigenvalue weighted by Crippen LogP contribution is 2.69. The summed E-state index contributed by atoms with van der Waals surface area (Å²) in [4.78, 5) is 2.60. The zero-order valence-corrected chi connectivity index (χ0v) is 29.9. The van der Waals surface area contributed by atoms with E-state index in [1.807, 2.05) is 0 Å². The van der Waals surface area contributed by atoms with Crippen LogP contribution >= 0.6 is 0 Å². The second-order valence-corrected chi connectivity index (χ2v) is 17.3. The molecule has 52 heavy (non-hydrogen) atoms. The van der Waals surface area contributed by atoms with Crippen LogP contribution in [0.5, 0.6) is 0 Å². The molecule has 0 amide bonds. The Bertz CT molecular complexity index is 2360. The van der Waals surface area contributed by atoms with Gasteiger partial charge in [-0.25, -0.2) is 0 Å². The Balaban J connectivity index is 1.07. The standard InChI is InChI=1S/C51H45N/c1-2-11-35(12-3-1)36-13-10-14-39(30-36)52(40-19-21-44-42-15-4-6-17-46(42)50(48(44)31-40)23-8-9-24-50)41-20-22-45-43-16-5-7-18-47(43)51(49(45)32-41)37-26-33-25-34(28-37)29-38(51)27-33/h1-7,10-22,30-34,37-38H,8-9,23-29H2. The fourth-order valence-corrected chi connectivity index (χ4v) is 13.3. The molecule has 4 bridgehead atoms. The summed E-state index contributed by atoms with van der Waals surface area (Å²) in [6.45, 7) is 0. The van der Waals surface area contributed by atoms with Crippen molar-refractivity contribution in [2.24, 2.45) is 23.7 Å². The second-order valence-electron chi connectivity index (χ2n) is 17.3. The minimum Gasteiger partial charge on any atom is -0.310 e. The summed E-state index contributed by atoms with van der Waals surface area (Å²) in [5, 5.41) is 0. The minimum atomic E-state index is 0.128. The molecule has 5 saturated carbocycles. The summed E-state index contributed by atoms with van der Waals surface area (Å²) in [7, 11) is 0. The first-order valence-corrected chi connectivity index (χ1v) is 20.2. The number of hydrogen-bond donors (Lipinski definition) is 0. The molecular formula is C51H45N. The zero-order chi connectivity index (χ0) is 34.0. The van der Waals surface area contributed by atoms with E-state index in [1.54, 1.807) is 22.3 Å². The number of rotatable bonds is 4. The molecule has 0 saturated heterocycles. The summed E-state index contributed by atoms with van der Waals surface area (Å²) < 4.78 is 0. The predicted octanol–water partition coefficient (Wildman–Crippen LogP) is 13.4. The molecular weight excluding hydrogens is 627 g/mol. The van der Waals surface area contributed by atoms with Crippen LogP contribution in [0.15, 0.2) is 140 Å². The molecule has 6 aromatic carbocycles. The quantitative estimate of drug-likeness (QED) is 0.180. The summed E-state index contributed by atoms with van der Waals surface area (Å²) in [6.07, 6.45) is 12.2. The van der Waals surface area contributed by atoms with Gasteiger partial charge in [-0.2, -0.15) is 0 Å². The van der Waals surface area contributed by atoms with Gasteiger partial charge in [0.1, 0.15) is 0 Å². The predicted molar refractivity (Wildman–Crippen MR) is 215 cm³/mol. The molecule has 0 N–H and O–H groups in total. The average molecular weight is 672 g/mol. The zero-order valence-electron chi connectivity index (χ0n) is 29.9. The monoisotopic (exact) mass is 671 g/mol. The molecule has 0 aliphatic heterocycles. The largest absolute Gasteiger partial charge is 0.310 e. The van der Waals surface area contributed by atoms with Crippen molar-refractivity contribution in [3.63, 3.8) is 0 Å². The number of benzene rings is 6. The minimum absolute atomic E-state index is 0.128. The van der Waals surface area contributed by atoms with Crippen LogP contribution in [0.2, 0.25) is 0 Å². The summed E-state index contributed by atoms with van der Waals surface area (Å²) >= 11 is 0. The number of fused-ring (bicyclic) bond motifs is 8. The smallest absolute Gasteiger partial charge is 0.0467 e. The molecule has 7 aliphatic rings. The van der Waals surface area contributed by atoms with E-state index in [1.165, 1.54) is 108 Å². The van der Waals surface area contributed by atoms with Crippen LogP contribution in [0, 0.1) is 23.7 Å². The Morgan fingerprint density at radius 3 is 1.65 bits per heavy atom. The third-order valence-corrected chi connectivity index (χ3v) is 15.0. The lowest BCUT2D eigenvalue weighted by Gasteiger charge is -2.61. The van der Waals surface area contributed by atoms with Gasteiger partial charge in [-0.3, -0.25) is 0 Å². The molecule has 6 aromatic rings. The van der Waals surface area contributed by atoms with Crippen LogP contribution < -0.4 is 4.90 Å². The van der Waals surface area contributed by atoms with Crippen molar-refractivity contribution in [1.29, 1.82) is 0 Å². The lowest BCUT2D eigenvalue weighted by molar-refractivity contribution is -0.0399. The first-order chi connectivity index (χ1) is 25.7. The Kier molecular flexibility index (Phi) is 6.18. The van der Waals surface area contributed by atoms with Crippen LogP contribution in [-0.4, -0.2) is 0 Å². The molecule has 254 valence electrons. The van der Waals surface area contributed by atoms with Crippen LogP contribution in [0.4, 0.5) is 17.1 Å². The second kappa shape index (κ2) is 10.8. The van der Waals surface area contributed by atoms with Crippen LogP contribution in [0.1, 0.15) is 80.0 Å². The fraction of sp³-hybridized carbons (Fsp3) is 0.294. The van der Waals surface area contributed by atoms with E-state index in [2.05, 4.69) is 144 Å². The van der Waals surface area contributed by atoms with Crippen molar-refractivity contribution in [3.8, 4) is 33.4 Å². The van der Waals surface area contributed by atoms with Crippen molar-refractivity contribution < 1.29 is 0 Å². The average Bonchev–Trinajstić information content (AvgIpc) is 3.87. The van der Waals surface area contributed by atoms with E-state index in [9.17, 15) is 0 Å². The summed E-state index contributed by atoms with van der Waals surface area (Å²) in [5.74, 6) is 3.36. The topological polar surface area (TPSA) is 3.24 Å². The van der Waals surface area contributed by atoms with Crippen LogP contribution in [0.3, 0.4) is 0 Å². The van der Waals surface area contributed by atoms with E-state index >= 15 is 0 Å². The highest BCUT2D eigenvalue weighted by Gasteiger charge is 2.61. The number of anilines is 3. The van der Waals surface area contributed by atoms with Gasteiger partial charge < -0.3 is 4.90 Å². The third kappa shape index (κ3) is 3.90. The fourth-order valence-electron chi connectivity index (χ4n) is 13.3. The van der Waals surface area contributed by atoms with Crippen molar-refractivity contribution in [1.82, 2.24) is 0 Å². The Hall–Kier alpha value is -4.88. The van der Waals surface area contributed by atoms with Crippen LogP contribution in [-0.2, 0) is 10.8 Å². The third-order valence-electron chi connectivity index (χ3n) is 15.0. The van der Waals surface area contributed by atoms with Gasteiger partial charge in [0.15, 0.2) is 0 Å². The maximum absolute atomic E-state index is 2.67. The lowest BCUT2D eigenvalue weighted by atomic mass is 9.43. The first kappa shape index (κ1) is 29.7. The lowest BCUT2D eigenvalue weighted by Crippen LogP contribution is -2.55. The van der Waals surface area contributed by atoms with E-state index in [0.29, 0.717) is 0 Å². The molecule has 1 nitrogen and oxygen atoms in total. The first-order valence-electron chi connectivity index (χ1n) is 20.2. The molecule has 0 atom stereocenters. The molecule has 1 heteroatoms. The highest BCUT2D eigenvalue weighted by atomic mass is 15.1. The van der Waals surface area contributed by atoms with E-state index in [-0.39, 0.29) is 10.8 Å². The molecule has 13 rings (SSSR count). The van der Waals surface area contributed by atoms with E-state index in [4.69, 9.17) is 0 Å². The van der Waals surface area contributed by atoms with Crippen molar-refractivity contribution in [2.75, 3.05) is 4.90 Å².